The smallest absolute Gasteiger partial charge is 0.410 e. The molecule has 1 saturated carbocycles. The highest BCUT2D eigenvalue weighted by Crippen LogP contribution is 2.40. The van der Waals surface area contributed by atoms with Gasteiger partial charge in [-0.15, -0.1) is 0 Å². The molecule has 4 aromatic rings. The van der Waals surface area contributed by atoms with Crippen LogP contribution in [0.2, 0.25) is 0 Å². The molecule has 3 aromatic carbocycles. The van der Waals surface area contributed by atoms with E-state index in [1.54, 1.807) is 4.90 Å². The molecule has 1 amide bonds. The number of anilines is 2. The number of fused-ring (bicyclic) bond motifs is 2. The van der Waals surface area contributed by atoms with Gasteiger partial charge in [-0.05, 0) is 69.9 Å². The molecular weight excluding hydrogens is 626 g/mol. The number of carbonyl (C=O) groups excluding carboxylic acids is 1. The van der Waals surface area contributed by atoms with Crippen molar-refractivity contribution >= 4 is 28.4 Å². The molecule has 0 spiro atoms. The number of ether oxygens (including phenoxy) is 2. The SMILES string of the molecule is CC(C)(C)OC(=O)N1CCN(c2nc(OC3(CN)CCC3)nc3c2CCN(c2cccc4ccccc24)C3)C[C@@]1(CC#N)Cc1ccccc1. The summed E-state index contributed by atoms with van der Waals surface area (Å²) in [5, 5.41) is 12.7. The van der Waals surface area contributed by atoms with E-state index in [-0.39, 0.29) is 6.42 Å². The van der Waals surface area contributed by atoms with Crippen molar-refractivity contribution in [2.75, 3.05) is 42.5 Å². The normalized spacial score (nSPS) is 20.1. The van der Waals surface area contributed by atoms with Crippen LogP contribution in [-0.2, 0) is 24.1 Å². The predicted octanol–water partition coefficient (Wildman–Crippen LogP) is 6.40. The predicted molar refractivity (Wildman–Crippen MR) is 195 cm³/mol. The topological polar surface area (TPSA) is 121 Å². The second kappa shape index (κ2) is 13.4. The molecule has 10 nitrogen and oxygen atoms in total. The lowest BCUT2D eigenvalue weighted by molar-refractivity contribution is -0.00875. The highest BCUT2D eigenvalue weighted by molar-refractivity contribution is 5.94. The number of nitriles is 1. The Hall–Kier alpha value is -4.88. The molecule has 10 heteroatoms. The lowest BCUT2D eigenvalue weighted by Crippen LogP contribution is -2.66. The number of benzene rings is 3. The molecule has 0 radical (unpaired) electrons. The van der Waals surface area contributed by atoms with Gasteiger partial charge >= 0.3 is 12.1 Å². The zero-order chi connectivity index (χ0) is 34.9. The molecule has 1 saturated heterocycles. The second-order valence-electron chi connectivity index (χ2n) is 15.0. The lowest BCUT2D eigenvalue weighted by Gasteiger charge is -2.50. The van der Waals surface area contributed by atoms with Crippen molar-refractivity contribution in [1.82, 2.24) is 14.9 Å². The average Bonchev–Trinajstić information content (AvgIpc) is 3.08. The minimum absolute atomic E-state index is 0.138. The summed E-state index contributed by atoms with van der Waals surface area (Å²) in [7, 11) is 0. The van der Waals surface area contributed by atoms with Gasteiger partial charge in [0, 0.05) is 49.4 Å². The van der Waals surface area contributed by atoms with Gasteiger partial charge in [-0.25, -0.2) is 4.79 Å². The zero-order valence-corrected chi connectivity index (χ0v) is 29.4. The first-order chi connectivity index (χ1) is 24.1. The molecular formula is C40H47N7O3. The third-order valence-corrected chi connectivity index (χ3v) is 10.4. The number of nitrogens with zero attached hydrogens (tertiary/aromatic N) is 6. The van der Waals surface area contributed by atoms with Crippen LogP contribution >= 0.6 is 0 Å². The van der Waals surface area contributed by atoms with E-state index < -0.39 is 22.8 Å². The summed E-state index contributed by atoms with van der Waals surface area (Å²) in [5.41, 5.74) is 8.49. The Morgan fingerprint density at radius 1 is 0.960 bits per heavy atom. The van der Waals surface area contributed by atoms with Crippen molar-refractivity contribution in [1.29, 1.82) is 5.26 Å². The third-order valence-electron chi connectivity index (χ3n) is 10.4. The van der Waals surface area contributed by atoms with Crippen molar-refractivity contribution in [3.63, 3.8) is 0 Å². The van der Waals surface area contributed by atoms with Gasteiger partial charge in [-0.3, -0.25) is 4.90 Å². The number of hydrogen-bond donors (Lipinski definition) is 1. The van der Waals surface area contributed by atoms with Crippen LogP contribution in [0.5, 0.6) is 6.01 Å². The molecule has 2 aliphatic heterocycles. The van der Waals surface area contributed by atoms with Gasteiger partial charge in [0.25, 0.3) is 0 Å². The van der Waals surface area contributed by atoms with Gasteiger partial charge in [0.2, 0.25) is 0 Å². The summed E-state index contributed by atoms with van der Waals surface area (Å²) < 4.78 is 12.5. The summed E-state index contributed by atoms with van der Waals surface area (Å²) >= 11 is 0. The van der Waals surface area contributed by atoms with Crippen LogP contribution in [0, 0.1) is 11.3 Å². The van der Waals surface area contributed by atoms with E-state index in [1.165, 1.54) is 16.5 Å². The number of piperazine rings is 1. The molecule has 7 rings (SSSR count). The summed E-state index contributed by atoms with van der Waals surface area (Å²) in [6, 6.07) is 27.8. The minimum Gasteiger partial charge on any atom is -0.455 e. The first kappa shape index (κ1) is 33.6. The highest BCUT2D eigenvalue weighted by atomic mass is 16.6. The Bertz CT molecular complexity index is 1890. The maximum absolute atomic E-state index is 13.8. The quantitative estimate of drug-likeness (QED) is 0.226. The van der Waals surface area contributed by atoms with Crippen LogP contribution in [0.3, 0.4) is 0 Å². The number of aromatic nitrogens is 2. The highest BCUT2D eigenvalue weighted by Gasteiger charge is 2.47. The van der Waals surface area contributed by atoms with Crippen molar-refractivity contribution in [2.45, 2.75) is 82.6 Å². The van der Waals surface area contributed by atoms with Crippen LogP contribution in [0.1, 0.15) is 63.3 Å². The number of amides is 1. The van der Waals surface area contributed by atoms with E-state index in [0.717, 1.165) is 54.9 Å². The zero-order valence-electron chi connectivity index (χ0n) is 29.4. The Morgan fingerprint density at radius 2 is 1.72 bits per heavy atom. The molecule has 3 aliphatic rings. The van der Waals surface area contributed by atoms with E-state index in [4.69, 9.17) is 25.2 Å². The fourth-order valence-corrected chi connectivity index (χ4v) is 7.75. The maximum Gasteiger partial charge on any atom is 0.410 e. The molecule has 1 aromatic heterocycles. The van der Waals surface area contributed by atoms with E-state index in [1.807, 2.05) is 39.0 Å². The van der Waals surface area contributed by atoms with Gasteiger partial charge in [-0.2, -0.15) is 15.2 Å². The Morgan fingerprint density at radius 3 is 2.44 bits per heavy atom. The van der Waals surface area contributed by atoms with Crippen LogP contribution < -0.4 is 20.3 Å². The average molecular weight is 674 g/mol. The lowest BCUT2D eigenvalue weighted by atomic mass is 9.80. The number of carbonyl (C=O) groups is 1. The summed E-state index contributed by atoms with van der Waals surface area (Å²) in [4.78, 5) is 30.5. The second-order valence-corrected chi connectivity index (χ2v) is 15.0. The molecule has 0 unspecified atom stereocenters. The van der Waals surface area contributed by atoms with E-state index in [2.05, 4.69) is 70.5 Å². The van der Waals surface area contributed by atoms with Gasteiger partial charge in [-0.1, -0.05) is 66.7 Å². The molecule has 2 N–H and O–H groups in total. The monoisotopic (exact) mass is 673 g/mol. The Labute approximate surface area is 294 Å². The molecule has 1 atom stereocenters. The van der Waals surface area contributed by atoms with E-state index in [0.29, 0.717) is 45.2 Å². The first-order valence-electron chi connectivity index (χ1n) is 17.8. The fourth-order valence-electron chi connectivity index (χ4n) is 7.75. The third kappa shape index (κ3) is 6.67. The summed E-state index contributed by atoms with van der Waals surface area (Å²) in [5.74, 6) is 0.813. The van der Waals surface area contributed by atoms with Crippen LogP contribution in [0.15, 0.2) is 72.8 Å². The molecule has 3 heterocycles. The Kier molecular flexibility index (Phi) is 9.04. The molecule has 0 bridgehead atoms. The van der Waals surface area contributed by atoms with Crippen molar-refractivity contribution in [3.05, 3.63) is 89.6 Å². The Balaban J connectivity index is 1.29. The summed E-state index contributed by atoms with van der Waals surface area (Å²) in [6.07, 6.45) is 3.78. The standard InChI is InChI=1S/C40H47N7O3/c1-38(2,3)50-37(48)47-24-23-46(28-39(47,20-21-41)25-29-11-5-4-6-12-29)35-32-17-22-45(34-16-9-14-30-13-7-8-15-31(30)34)26-33(32)43-36(44-35)49-40(27-42)18-10-19-40/h4-9,11-16H,10,17-20,22-28,42H2,1-3H3/t39-/m1/s1. The molecule has 260 valence electrons. The molecule has 1 aliphatic carbocycles. The van der Waals surface area contributed by atoms with Gasteiger partial charge in [0.05, 0.1) is 30.3 Å². The van der Waals surface area contributed by atoms with Crippen molar-refractivity contribution < 1.29 is 14.3 Å². The van der Waals surface area contributed by atoms with Crippen LogP contribution in [0.25, 0.3) is 10.8 Å². The van der Waals surface area contributed by atoms with Crippen molar-refractivity contribution in [2.24, 2.45) is 5.73 Å². The number of hydrogen-bond acceptors (Lipinski definition) is 9. The van der Waals surface area contributed by atoms with Crippen LogP contribution in [0.4, 0.5) is 16.3 Å². The minimum atomic E-state index is -0.856. The largest absolute Gasteiger partial charge is 0.455 e. The van der Waals surface area contributed by atoms with E-state index >= 15 is 0 Å². The number of rotatable bonds is 8. The van der Waals surface area contributed by atoms with Crippen LogP contribution in [-0.4, -0.2) is 70.4 Å². The number of nitrogens with two attached hydrogens (primary N) is 1. The molecule has 2 fully saturated rings. The first-order valence-corrected chi connectivity index (χ1v) is 17.8. The van der Waals surface area contributed by atoms with E-state index in [9.17, 15) is 10.1 Å². The van der Waals surface area contributed by atoms with Crippen molar-refractivity contribution in [3.8, 4) is 12.1 Å². The molecule has 50 heavy (non-hydrogen) atoms. The van der Waals surface area contributed by atoms with Gasteiger partial charge < -0.3 is 25.0 Å². The summed E-state index contributed by atoms with van der Waals surface area (Å²) in [6.45, 7) is 8.75. The maximum atomic E-state index is 13.8. The van der Waals surface area contributed by atoms with Gasteiger partial charge in [0.15, 0.2) is 0 Å². The van der Waals surface area contributed by atoms with Gasteiger partial charge in [0.1, 0.15) is 17.0 Å². The fraction of sp³-hybridized carbons (Fsp3) is 0.450.